The first-order valence-electron chi connectivity index (χ1n) is 5.69. The topological polar surface area (TPSA) is 145 Å². The Morgan fingerprint density at radius 2 is 1.32 bits per heavy atom. The third-order valence-electron chi connectivity index (χ3n) is 2.17. The maximum atomic E-state index is 11.5. The lowest BCUT2D eigenvalue weighted by molar-refractivity contribution is 0.180. The van der Waals surface area contributed by atoms with E-state index in [-0.39, 0.29) is 17.8 Å². The van der Waals surface area contributed by atoms with Crippen LogP contribution in [-0.4, -0.2) is 61.6 Å². The Balaban J connectivity index is 3.16. The summed E-state index contributed by atoms with van der Waals surface area (Å²) in [6, 6.07) is 0. The molecular weight excluding hydrogens is 300 g/mol. The minimum Gasteiger partial charge on any atom is -0.453 e. The third kappa shape index (κ3) is 4.43. The average molecular weight is 314 g/mol. The summed E-state index contributed by atoms with van der Waals surface area (Å²) in [5.41, 5.74) is 0. The molecule has 0 radical (unpaired) electrons. The summed E-state index contributed by atoms with van der Waals surface area (Å²) < 4.78 is 13.3. The monoisotopic (exact) mass is 314 g/mol. The molecule has 0 spiro atoms. The maximum absolute atomic E-state index is 11.5. The normalized spacial score (nSPS) is 9.45. The fourth-order valence-electron chi connectivity index (χ4n) is 1.13. The summed E-state index contributed by atoms with van der Waals surface area (Å²) >= 11 is 0. The van der Waals surface area contributed by atoms with Crippen LogP contribution < -0.4 is 15.5 Å². The second-order valence-electron chi connectivity index (χ2n) is 3.54. The molecule has 0 saturated carbocycles. The summed E-state index contributed by atoms with van der Waals surface area (Å²) in [4.78, 5) is 46.2. The van der Waals surface area contributed by atoms with Gasteiger partial charge in [0.15, 0.2) is 0 Å². The van der Waals surface area contributed by atoms with Gasteiger partial charge in [-0.05, 0) is 0 Å². The Kier molecular flexibility index (Phi) is 5.80. The molecule has 0 aromatic carbocycles. The first kappa shape index (κ1) is 16.9. The minimum atomic E-state index is -0.845. The van der Waals surface area contributed by atoms with Gasteiger partial charge < -0.3 is 14.2 Å². The van der Waals surface area contributed by atoms with E-state index in [0.29, 0.717) is 0 Å². The molecule has 0 aliphatic carbocycles. The number of amides is 3. The number of methoxy groups -OCH3 is 3. The minimum absolute atomic E-state index is 0.181. The second kappa shape index (κ2) is 7.56. The zero-order valence-electron chi connectivity index (χ0n) is 12.2. The number of anilines is 3. The van der Waals surface area contributed by atoms with Gasteiger partial charge in [-0.2, -0.15) is 15.0 Å². The van der Waals surface area contributed by atoms with E-state index >= 15 is 0 Å². The maximum Gasteiger partial charge on any atom is 0.416 e. The fraction of sp³-hybridized carbons (Fsp3) is 0.400. The van der Waals surface area contributed by atoms with Crippen molar-refractivity contribution in [3.8, 4) is 0 Å². The predicted octanol–water partition coefficient (Wildman–Crippen LogP) is 0.431. The molecule has 0 atom stereocenters. The van der Waals surface area contributed by atoms with Gasteiger partial charge in [0.25, 0.3) is 0 Å². The van der Waals surface area contributed by atoms with Crippen molar-refractivity contribution in [2.24, 2.45) is 0 Å². The number of carbonyl (C=O) groups is 3. The van der Waals surface area contributed by atoms with Gasteiger partial charge in [-0.3, -0.25) is 10.6 Å². The van der Waals surface area contributed by atoms with Crippen LogP contribution in [0.4, 0.5) is 32.2 Å². The van der Waals surface area contributed by atoms with Gasteiger partial charge in [-0.1, -0.05) is 0 Å². The first-order chi connectivity index (χ1) is 10.4. The molecular formula is C10H14N6O6. The van der Waals surface area contributed by atoms with Crippen molar-refractivity contribution in [3.63, 3.8) is 0 Å². The number of rotatable bonds is 3. The van der Waals surface area contributed by atoms with E-state index in [9.17, 15) is 14.4 Å². The van der Waals surface area contributed by atoms with Crippen LogP contribution in [0.25, 0.3) is 0 Å². The highest BCUT2D eigenvalue weighted by Gasteiger charge is 2.18. The molecule has 0 bridgehead atoms. The quantitative estimate of drug-likeness (QED) is 0.758. The lowest BCUT2D eigenvalue weighted by Crippen LogP contribution is -2.29. The standard InChI is InChI=1S/C10H14N6O6/c1-16(10(19)22-4)7-12-5(14-8(17)20-2)11-6(13-7)15-9(18)21-3/h1-4H3,(H2,11,12,13,14,15,17,18). The molecule has 12 heteroatoms. The number of carbonyl (C=O) groups excluding carboxylic acids is 3. The van der Waals surface area contributed by atoms with Crippen LogP contribution in [0.2, 0.25) is 0 Å². The van der Waals surface area contributed by atoms with E-state index < -0.39 is 18.3 Å². The molecule has 22 heavy (non-hydrogen) atoms. The van der Waals surface area contributed by atoms with Crippen molar-refractivity contribution in [3.05, 3.63) is 0 Å². The summed E-state index contributed by atoms with van der Waals surface area (Å²) in [6.07, 6.45) is -2.46. The lowest BCUT2D eigenvalue weighted by atomic mass is 10.7. The molecule has 0 aliphatic heterocycles. The highest BCUT2D eigenvalue weighted by Crippen LogP contribution is 2.13. The zero-order chi connectivity index (χ0) is 16.7. The fourth-order valence-corrected chi connectivity index (χ4v) is 1.13. The van der Waals surface area contributed by atoms with Gasteiger partial charge in [0, 0.05) is 7.05 Å². The van der Waals surface area contributed by atoms with Crippen LogP contribution in [0.3, 0.4) is 0 Å². The number of nitrogens with zero attached hydrogens (tertiary/aromatic N) is 4. The van der Waals surface area contributed by atoms with Crippen LogP contribution in [0.5, 0.6) is 0 Å². The molecule has 120 valence electrons. The molecule has 1 aromatic heterocycles. The summed E-state index contributed by atoms with van der Waals surface area (Å²) in [5.74, 6) is -0.683. The second-order valence-corrected chi connectivity index (χ2v) is 3.54. The predicted molar refractivity (Wildman–Crippen MR) is 72.7 cm³/mol. The number of aromatic nitrogens is 3. The Hall–Kier alpha value is -3.18. The molecule has 0 unspecified atom stereocenters. The van der Waals surface area contributed by atoms with E-state index in [1.165, 1.54) is 14.2 Å². The van der Waals surface area contributed by atoms with Crippen LogP contribution in [-0.2, 0) is 14.2 Å². The lowest BCUT2D eigenvalue weighted by Gasteiger charge is -2.15. The molecule has 1 rings (SSSR count). The molecule has 3 amide bonds. The highest BCUT2D eigenvalue weighted by molar-refractivity contribution is 5.87. The van der Waals surface area contributed by atoms with E-state index in [2.05, 4.69) is 39.8 Å². The van der Waals surface area contributed by atoms with Crippen LogP contribution >= 0.6 is 0 Å². The van der Waals surface area contributed by atoms with Gasteiger partial charge in [-0.25, -0.2) is 19.3 Å². The van der Waals surface area contributed by atoms with E-state index in [4.69, 9.17) is 0 Å². The number of ether oxygens (including phenoxy) is 3. The van der Waals surface area contributed by atoms with Gasteiger partial charge in [0.1, 0.15) is 0 Å². The van der Waals surface area contributed by atoms with Crippen molar-refractivity contribution >= 4 is 36.1 Å². The number of hydrogen-bond donors (Lipinski definition) is 2. The van der Waals surface area contributed by atoms with Crippen LogP contribution in [0.1, 0.15) is 0 Å². The van der Waals surface area contributed by atoms with E-state index in [1.54, 1.807) is 0 Å². The molecule has 0 aliphatic rings. The largest absolute Gasteiger partial charge is 0.453 e. The molecule has 0 saturated heterocycles. The molecule has 0 fully saturated rings. The first-order valence-corrected chi connectivity index (χ1v) is 5.69. The molecule has 2 N–H and O–H groups in total. The summed E-state index contributed by atoms with van der Waals surface area (Å²) in [6.45, 7) is 0. The van der Waals surface area contributed by atoms with Gasteiger partial charge in [-0.15, -0.1) is 0 Å². The smallest absolute Gasteiger partial charge is 0.416 e. The highest BCUT2D eigenvalue weighted by atomic mass is 16.5. The van der Waals surface area contributed by atoms with Crippen molar-refractivity contribution in [1.29, 1.82) is 0 Å². The molecule has 1 heterocycles. The van der Waals surface area contributed by atoms with Crippen molar-refractivity contribution < 1.29 is 28.6 Å². The van der Waals surface area contributed by atoms with Crippen LogP contribution in [0.15, 0.2) is 0 Å². The van der Waals surface area contributed by atoms with Gasteiger partial charge >= 0.3 is 18.3 Å². The van der Waals surface area contributed by atoms with E-state index in [0.717, 1.165) is 19.1 Å². The van der Waals surface area contributed by atoms with Crippen LogP contribution in [0, 0.1) is 0 Å². The summed E-state index contributed by atoms with van der Waals surface area (Å²) in [5, 5.41) is 4.36. The Bertz CT molecular complexity index is 543. The Morgan fingerprint density at radius 1 is 0.864 bits per heavy atom. The van der Waals surface area contributed by atoms with E-state index in [1.807, 2.05) is 0 Å². The Labute approximate surface area is 124 Å². The van der Waals surface area contributed by atoms with Crippen molar-refractivity contribution in [1.82, 2.24) is 15.0 Å². The van der Waals surface area contributed by atoms with Crippen molar-refractivity contribution in [2.45, 2.75) is 0 Å². The zero-order valence-corrected chi connectivity index (χ0v) is 12.2. The summed E-state index contributed by atoms with van der Waals surface area (Å²) in [7, 11) is 4.78. The average Bonchev–Trinajstić information content (AvgIpc) is 2.52. The van der Waals surface area contributed by atoms with Gasteiger partial charge in [0.05, 0.1) is 21.3 Å². The third-order valence-corrected chi connectivity index (χ3v) is 2.17. The van der Waals surface area contributed by atoms with Gasteiger partial charge in [0.2, 0.25) is 17.8 Å². The number of nitrogens with one attached hydrogen (secondary N) is 2. The number of hydrogen-bond acceptors (Lipinski definition) is 9. The Morgan fingerprint density at radius 3 is 1.68 bits per heavy atom. The van der Waals surface area contributed by atoms with Crippen molar-refractivity contribution in [2.75, 3.05) is 43.9 Å². The molecule has 12 nitrogen and oxygen atoms in total. The SMILES string of the molecule is COC(=O)Nc1nc(NC(=O)OC)nc(N(C)C(=O)OC)n1. The molecule has 1 aromatic rings.